The molecule has 4 heterocycles. The summed E-state index contributed by atoms with van der Waals surface area (Å²) in [6.07, 6.45) is 5.02. The number of H-pyrrole nitrogens is 1. The van der Waals surface area contributed by atoms with E-state index in [0.717, 1.165) is 56.8 Å². The summed E-state index contributed by atoms with van der Waals surface area (Å²) < 4.78 is 11.6. The smallest absolute Gasteiger partial charge is 0.330 e. The minimum atomic E-state index is -0.339. The number of esters is 1. The van der Waals surface area contributed by atoms with E-state index >= 15 is 0 Å². The standard InChI is InChI=1S/C29H28N6O3S/c1-2-38-26(36)11-8-19-6-9-20(10-7-19)30-17-21-16-25-27(39-21)29(35-12-14-37-15-13-35)33-28(32-25)22-4-3-5-24-23(22)18-31-34-24/h3-11,16,18,30H,2,12-15,17H2,1H3,(H,31,34)/b11-8+. The van der Waals surface area contributed by atoms with E-state index in [4.69, 9.17) is 19.4 Å². The number of fused-ring (bicyclic) bond motifs is 2. The van der Waals surface area contributed by atoms with E-state index in [1.54, 1.807) is 24.3 Å². The largest absolute Gasteiger partial charge is 0.463 e. The zero-order chi connectivity index (χ0) is 26.6. The number of carbonyl (C=O) groups excluding carboxylic acids is 1. The van der Waals surface area contributed by atoms with Crippen molar-refractivity contribution < 1.29 is 14.3 Å². The van der Waals surface area contributed by atoms with Crippen molar-refractivity contribution >= 4 is 56.0 Å². The average molecular weight is 541 g/mol. The lowest BCUT2D eigenvalue weighted by atomic mass is 10.1. The monoisotopic (exact) mass is 540 g/mol. The first-order chi connectivity index (χ1) is 19.2. The highest BCUT2D eigenvalue weighted by Gasteiger charge is 2.21. The van der Waals surface area contributed by atoms with Gasteiger partial charge in [0.15, 0.2) is 11.6 Å². The van der Waals surface area contributed by atoms with Crippen LogP contribution in [-0.2, 0) is 20.8 Å². The predicted octanol–water partition coefficient (Wildman–Crippen LogP) is 5.26. The van der Waals surface area contributed by atoms with Crippen molar-refractivity contribution in [3.05, 3.63) is 71.2 Å². The fraction of sp³-hybridized carbons (Fsp3) is 0.241. The zero-order valence-electron chi connectivity index (χ0n) is 21.5. The number of anilines is 2. The summed E-state index contributed by atoms with van der Waals surface area (Å²) in [7, 11) is 0. The van der Waals surface area contributed by atoms with E-state index in [1.807, 2.05) is 48.7 Å². The Morgan fingerprint density at radius 2 is 2.03 bits per heavy atom. The van der Waals surface area contributed by atoms with Crippen LogP contribution in [0.3, 0.4) is 0 Å². The predicted molar refractivity (Wildman–Crippen MR) is 155 cm³/mol. The Kier molecular flexibility index (Phi) is 7.20. The molecule has 1 aliphatic rings. The van der Waals surface area contributed by atoms with Crippen LogP contribution in [0.15, 0.2) is 60.8 Å². The SMILES string of the molecule is CCOC(=O)/C=C/c1ccc(NCc2cc3nc(-c4cccc5[nH]ncc45)nc(N4CCOCC4)c3s2)cc1. The van der Waals surface area contributed by atoms with Gasteiger partial charge in [-0.15, -0.1) is 11.3 Å². The molecule has 39 heavy (non-hydrogen) atoms. The number of nitrogens with one attached hydrogen (secondary N) is 2. The minimum Gasteiger partial charge on any atom is -0.463 e. The maximum Gasteiger partial charge on any atom is 0.330 e. The van der Waals surface area contributed by atoms with Gasteiger partial charge in [-0.2, -0.15) is 5.10 Å². The van der Waals surface area contributed by atoms with Crippen molar-refractivity contribution in [2.45, 2.75) is 13.5 Å². The molecule has 0 atom stereocenters. The Balaban J connectivity index is 1.27. The van der Waals surface area contributed by atoms with Crippen LogP contribution in [0.4, 0.5) is 11.5 Å². The molecular weight excluding hydrogens is 512 g/mol. The lowest BCUT2D eigenvalue weighted by Gasteiger charge is -2.28. The van der Waals surface area contributed by atoms with Crippen molar-refractivity contribution in [1.82, 2.24) is 20.2 Å². The number of benzene rings is 2. The summed E-state index contributed by atoms with van der Waals surface area (Å²) in [5.41, 5.74) is 4.78. The fourth-order valence-corrected chi connectivity index (χ4v) is 5.63. The minimum absolute atomic E-state index is 0.339. The van der Waals surface area contributed by atoms with E-state index < -0.39 is 0 Å². The van der Waals surface area contributed by atoms with Crippen LogP contribution in [0.2, 0.25) is 0 Å². The first-order valence-corrected chi connectivity index (χ1v) is 13.7. The van der Waals surface area contributed by atoms with E-state index in [9.17, 15) is 4.79 Å². The second kappa shape index (κ2) is 11.2. The molecule has 0 aliphatic carbocycles. The highest BCUT2D eigenvalue weighted by atomic mass is 32.1. The maximum absolute atomic E-state index is 11.5. The second-order valence-corrected chi connectivity index (χ2v) is 10.2. The Morgan fingerprint density at radius 1 is 1.18 bits per heavy atom. The molecule has 6 rings (SSSR count). The van der Waals surface area contributed by atoms with Gasteiger partial charge in [0.2, 0.25) is 0 Å². The van der Waals surface area contributed by atoms with Crippen LogP contribution < -0.4 is 10.2 Å². The molecule has 2 aromatic carbocycles. The van der Waals surface area contributed by atoms with Gasteiger partial charge in [0.25, 0.3) is 0 Å². The first-order valence-electron chi connectivity index (χ1n) is 12.9. The van der Waals surface area contributed by atoms with Gasteiger partial charge in [0.1, 0.15) is 0 Å². The molecule has 0 unspecified atom stereocenters. The van der Waals surface area contributed by atoms with Crippen LogP contribution >= 0.6 is 11.3 Å². The first kappa shape index (κ1) is 25.0. The van der Waals surface area contributed by atoms with Crippen molar-refractivity contribution in [1.29, 1.82) is 0 Å². The molecule has 1 aliphatic heterocycles. The maximum atomic E-state index is 11.5. The van der Waals surface area contributed by atoms with E-state index in [2.05, 4.69) is 26.5 Å². The number of hydrogen-bond donors (Lipinski definition) is 2. The Labute approximate surface area is 229 Å². The molecule has 5 aromatic rings. The van der Waals surface area contributed by atoms with Crippen molar-refractivity contribution in [2.75, 3.05) is 43.1 Å². The van der Waals surface area contributed by atoms with E-state index in [0.29, 0.717) is 32.2 Å². The number of hydrogen-bond acceptors (Lipinski definition) is 9. The van der Waals surface area contributed by atoms with Gasteiger partial charge in [0.05, 0.1) is 41.8 Å². The average Bonchev–Trinajstić information content (AvgIpc) is 3.62. The quantitative estimate of drug-likeness (QED) is 0.203. The molecule has 2 N–H and O–H groups in total. The van der Waals surface area contributed by atoms with Crippen LogP contribution in [0.1, 0.15) is 17.4 Å². The van der Waals surface area contributed by atoms with Gasteiger partial charge >= 0.3 is 5.97 Å². The zero-order valence-corrected chi connectivity index (χ0v) is 22.3. The third kappa shape index (κ3) is 5.47. The number of morpholine rings is 1. The van der Waals surface area contributed by atoms with Gasteiger partial charge in [-0.05, 0) is 42.8 Å². The summed E-state index contributed by atoms with van der Waals surface area (Å²) in [5.74, 6) is 1.31. The number of aromatic amines is 1. The summed E-state index contributed by atoms with van der Waals surface area (Å²) in [6.45, 7) is 5.78. The molecule has 0 saturated carbocycles. The third-order valence-corrected chi connectivity index (χ3v) is 7.64. The van der Waals surface area contributed by atoms with Crippen molar-refractivity contribution in [2.24, 2.45) is 0 Å². The molecule has 0 amide bonds. The third-order valence-electron chi connectivity index (χ3n) is 6.52. The highest BCUT2D eigenvalue weighted by Crippen LogP contribution is 2.36. The van der Waals surface area contributed by atoms with Gasteiger partial charge in [-0.3, -0.25) is 5.10 Å². The van der Waals surface area contributed by atoms with E-state index in [1.165, 1.54) is 11.0 Å². The second-order valence-electron chi connectivity index (χ2n) is 9.10. The summed E-state index contributed by atoms with van der Waals surface area (Å²) in [4.78, 5) is 25.1. The molecule has 1 saturated heterocycles. The van der Waals surface area contributed by atoms with E-state index in [-0.39, 0.29) is 5.97 Å². The summed E-state index contributed by atoms with van der Waals surface area (Å²) in [6, 6.07) is 16.1. The Bertz CT molecular complexity index is 1640. The van der Waals surface area contributed by atoms with Gasteiger partial charge in [-0.1, -0.05) is 24.3 Å². The molecule has 0 radical (unpaired) electrons. The Hall–Kier alpha value is -4.28. The number of ether oxygens (including phenoxy) is 2. The van der Waals surface area contributed by atoms with Crippen LogP contribution in [0.5, 0.6) is 0 Å². The molecular formula is C29H28N6O3S. The van der Waals surface area contributed by atoms with Crippen molar-refractivity contribution in [3.8, 4) is 11.4 Å². The summed E-state index contributed by atoms with van der Waals surface area (Å²) >= 11 is 1.71. The molecule has 3 aromatic heterocycles. The number of nitrogens with zero attached hydrogens (tertiary/aromatic N) is 4. The number of aromatic nitrogens is 4. The Morgan fingerprint density at radius 3 is 2.85 bits per heavy atom. The number of thiophene rings is 1. The number of rotatable bonds is 8. The van der Waals surface area contributed by atoms with Gasteiger partial charge in [0, 0.05) is 47.2 Å². The molecule has 198 valence electrons. The summed E-state index contributed by atoms with van der Waals surface area (Å²) in [5, 5.41) is 11.8. The fourth-order valence-electron chi connectivity index (χ4n) is 4.58. The lowest BCUT2D eigenvalue weighted by Crippen LogP contribution is -2.36. The molecule has 0 bridgehead atoms. The van der Waals surface area contributed by atoms with Crippen LogP contribution in [-0.4, -0.2) is 59.0 Å². The van der Waals surface area contributed by atoms with Crippen LogP contribution in [0.25, 0.3) is 38.6 Å². The molecule has 9 nitrogen and oxygen atoms in total. The molecule has 0 spiro atoms. The van der Waals surface area contributed by atoms with Gasteiger partial charge < -0.3 is 19.7 Å². The number of carbonyl (C=O) groups is 1. The van der Waals surface area contributed by atoms with Crippen molar-refractivity contribution in [3.63, 3.8) is 0 Å². The van der Waals surface area contributed by atoms with Gasteiger partial charge in [-0.25, -0.2) is 14.8 Å². The topological polar surface area (TPSA) is 105 Å². The normalized spacial score (nSPS) is 13.9. The van der Waals surface area contributed by atoms with Crippen LogP contribution in [0, 0.1) is 0 Å². The molecule has 1 fully saturated rings. The molecule has 10 heteroatoms. The lowest BCUT2D eigenvalue weighted by molar-refractivity contribution is -0.137. The highest BCUT2D eigenvalue weighted by molar-refractivity contribution is 7.19.